The number of hydrogen-bond acceptors (Lipinski definition) is 4. The van der Waals surface area contributed by atoms with Crippen LogP contribution in [0.2, 0.25) is 4.34 Å². The summed E-state index contributed by atoms with van der Waals surface area (Å²) >= 11 is 7.64. The topological polar surface area (TPSA) is 58.3 Å². The van der Waals surface area contributed by atoms with Crippen LogP contribution < -0.4 is 5.32 Å². The first-order chi connectivity index (χ1) is 12.0. The number of thiophene rings is 1. The molecule has 0 aromatic carbocycles. The van der Waals surface area contributed by atoms with Gasteiger partial charge in [0.15, 0.2) is 5.96 Å². The molecule has 1 N–H and O–H groups in total. The molecule has 6 nitrogen and oxygen atoms in total. The van der Waals surface area contributed by atoms with E-state index < -0.39 is 0 Å². The zero-order chi connectivity index (χ0) is 18.2. The number of aliphatic imine (C=N–C) groups is 1. The third-order valence-corrected chi connectivity index (χ3v) is 4.85. The Labute approximate surface area is 158 Å². The van der Waals surface area contributed by atoms with E-state index in [0.717, 1.165) is 48.7 Å². The van der Waals surface area contributed by atoms with E-state index >= 15 is 0 Å². The smallest absolute Gasteiger partial charge is 0.194 e. The van der Waals surface area contributed by atoms with E-state index in [1.165, 1.54) is 4.88 Å². The summed E-state index contributed by atoms with van der Waals surface area (Å²) in [6, 6.07) is 4.00. The van der Waals surface area contributed by atoms with Crippen molar-refractivity contribution in [1.29, 1.82) is 0 Å². The molecule has 2 aromatic heterocycles. The fourth-order valence-corrected chi connectivity index (χ4v) is 3.49. The lowest BCUT2D eigenvalue weighted by molar-refractivity contribution is 0.471. The zero-order valence-corrected chi connectivity index (χ0v) is 16.9. The fourth-order valence-electron chi connectivity index (χ4n) is 2.35. The number of hydrogen-bond donors (Lipinski definition) is 1. The Kier molecular flexibility index (Phi) is 7.71. The van der Waals surface area contributed by atoms with Crippen LogP contribution in [0.5, 0.6) is 0 Å². The van der Waals surface area contributed by atoms with Gasteiger partial charge in [-0.15, -0.1) is 21.5 Å². The van der Waals surface area contributed by atoms with E-state index in [0.29, 0.717) is 5.92 Å². The van der Waals surface area contributed by atoms with Gasteiger partial charge in [-0.1, -0.05) is 32.4 Å². The second kappa shape index (κ2) is 9.77. The highest BCUT2D eigenvalue weighted by Crippen LogP contribution is 2.22. The van der Waals surface area contributed by atoms with Crippen LogP contribution in [0.25, 0.3) is 0 Å². The molecular weight excluding hydrogens is 356 g/mol. The molecule has 0 saturated heterocycles. The van der Waals surface area contributed by atoms with Gasteiger partial charge in [0, 0.05) is 38.0 Å². The van der Waals surface area contributed by atoms with Gasteiger partial charge in [-0.3, -0.25) is 4.99 Å². The molecule has 2 aromatic rings. The van der Waals surface area contributed by atoms with Gasteiger partial charge < -0.3 is 14.8 Å². The Morgan fingerprint density at radius 2 is 2.24 bits per heavy atom. The van der Waals surface area contributed by atoms with E-state index in [-0.39, 0.29) is 0 Å². The van der Waals surface area contributed by atoms with Crippen LogP contribution in [-0.4, -0.2) is 45.8 Å². The van der Waals surface area contributed by atoms with E-state index in [9.17, 15) is 0 Å². The Bertz CT molecular complexity index is 678. The number of halogens is 1. The average Bonchev–Trinajstić information content (AvgIpc) is 3.18. The number of aryl methyl sites for hydroxylation is 1. The van der Waals surface area contributed by atoms with Gasteiger partial charge in [0.25, 0.3) is 0 Å². The van der Waals surface area contributed by atoms with Crippen LogP contribution in [0, 0.1) is 5.92 Å². The summed E-state index contributed by atoms with van der Waals surface area (Å²) in [6.07, 6.45) is 2.66. The van der Waals surface area contributed by atoms with Crippen molar-refractivity contribution < 1.29 is 0 Å². The average molecular weight is 383 g/mol. The molecular formula is C17H27ClN6S. The van der Waals surface area contributed by atoms with Gasteiger partial charge in [0.05, 0.1) is 10.9 Å². The predicted octanol–water partition coefficient (Wildman–Crippen LogP) is 3.29. The summed E-state index contributed by atoms with van der Waals surface area (Å²) in [7, 11) is 2.05. The minimum Gasteiger partial charge on any atom is -0.354 e. The van der Waals surface area contributed by atoms with E-state index in [1.54, 1.807) is 17.7 Å². The number of nitrogens with one attached hydrogen (secondary N) is 1. The lowest BCUT2D eigenvalue weighted by Crippen LogP contribution is -2.40. The molecule has 0 aliphatic heterocycles. The molecule has 8 heteroatoms. The third-order valence-electron chi connectivity index (χ3n) is 3.64. The van der Waals surface area contributed by atoms with Crippen LogP contribution >= 0.6 is 22.9 Å². The number of nitrogens with zero attached hydrogens (tertiary/aromatic N) is 5. The summed E-state index contributed by atoms with van der Waals surface area (Å²) in [4.78, 5) is 8.11. The second-order valence-electron chi connectivity index (χ2n) is 6.34. The summed E-state index contributed by atoms with van der Waals surface area (Å²) < 4.78 is 2.89. The van der Waals surface area contributed by atoms with Gasteiger partial charge >= 0.3 is 0 Å². The quantitative estimate of drug-likeness (QED) is 0.562. The second-order valence-corrected chi connectivity index (χ2v) is 8.14. The summed E-state index contributed by atoms with van der Waals surface area (Å²) in [5, 5.41) is 11.6. The van der Waals surface area contributed by atoms with Crippen LogP contribution in [0.3, 0.4) is 0 Å². The lowest BCUT2D eigenvalue weighted by Gasteiger charge is -2.22. The minimum atomic E-state index is 0.519. The van der Waals surface area contributed by atoms with Crippen molar-refractivity contribution in [3.63, 3.8) is 0 Å². The SMILES string of the molecule is CCc1nncn1CCNC(=NCC(C)C)N(C)Cc1ccc(Cl)s1. The largest absolute Gasteiger partial charge is 0.354 e. The molecule has 2 heterocycles. The number of guanidine groups is 1. The Morgan fingerprint density at radius 3 is 2.88 bits per heavy atom. The lowest BCUT2D eigenvalue weighted by atomic mass is 10.2. The van der Waals surface area contributed by atoms with Crippen molar-refractivity contribution in [2.24, 2.45) is 10.9 Å². The monoisotopic (exact) mass is 382 g/mol. The molecule has 0 unspecified atom stereocenters. The van der Waals surface area contributed by atoms with Crippen molar-refractivity contribution in [3.8, 4) is 0 Å². The fraction of sp³-hybridized carbons (Fsp3) is 0.588. The van der Waals surface area contributed by atoms with Crippen molar-refractivity contribution in [3.05, 3.63) is 33.5 Å². The molecule has 2 rings (SSSR count). The predicted molar refractivity (Wildman–Crippen MR) is 105 cm³/mol. The van der Waals surface area contributed by atoms with Gasteiger partial charge in [-0.25, -0.2) is 0 Å². The highest BCUT2D eigenvalue weighted by atomic mass is 35.5. The molecule has 25 heavy (non-hydrogen) atoms. The Morgan fingerprint density at radius 1 is 1.44 bits per heavy atom. The molecule has 0 bridgehead atoms. The van der Waals surface area contributed by atoms with Crippen molar-refractivity contribution in [2.75, 3.05) is 20.1 Å². The zero-order valence-electron chi connectivity index (χ0n) is 15.4. The highest BCUT2D eigenvalue weighted by Gasteiger charge is 2.10. The third kappa shape index (κ3) is 6.32. The van der Waals surface area contributed by atoms with Crippen molar-refractivity contribution in [1.82, 2.24) is 25.0 Å². The van der Waals surface area contributed by atoms with Crippen molar-refractivity contribution >= 4 is 28.9 Å². The molecule has 0 saturated carbocycles. The number of aromatic nitrogens is 3. The molecule has 0 radical (unpaired) electrons. The number of rotatable bonds is 8. The van der Waals surface area contributed by atoms with Gasteiger partial charge in [-0.05, 0) is 18.1 Å². The molecule has 0 amide bonds. The van der Waals surface area contributed by atoms with E-state index in [1.807, 2.05) is 6.07 Å². The molecule has 0 atom stereocenters. The van der Waals surface area contributed by atoms with Crippen LogP contribution in [0.1, 0.15) is 31.5 Å². The summed E-state index contributed by atoms with van der Waals surface area (Å²) in [5.41, 5.74) is 0. The van der Waals surface area contributed by atoms with E-state index in [2.05, 4.69) is 58.9 Å². The highest BCUT2D eigenvalue weighted by molar-refractivity contribution is 7.16. The van der Waals surface area contributed by atoms with Crippen LogP contribution in [-0.2, 0) is 19.5 Å². The Hall–Kier alpha value is -1.60. The maximum absolute atomic E-state index is 6.03. The Balaban J connectivity index is 1.96. The van der Waals surface area contributed by atoms with Crippen LogP contribution in [0.4, 0.5) is 0 Å². The first kappa shape index (κ1) is 19.7. The first-order valence-corrected chi connectivity index (χ1v) is 9.79. The normalized spacial score (nSPS) is 12.0. The maximum atomic E-state index is 6.03. The first-order valence-electron chi connectivity index (χ1n) is 8.60. The van der Waals surface area contributed by atoms with Crippen LogP contribution in [0.15, 0.2) is 23.5 Å². The molecule has 0 spiro atoms. The molecule has 0 aliphatic carbocycles. The minimum absolute atomic E-state index is 0.519. The molecule has 0 fully saturated rings. The van der Waals surface area contributed by atoms with Gasteiger partial charge in [0.1, 0.15) is 12.2 Å². The summed E-state index contributed by atoms with van der Waals surface area (Å²) in [6.45, 7) is 9.60. The van der Waals surface area contributed by atoms with E-state index in [4.69, 9.17) is 16.6 Å². The molecule has 0 aliphatic rings. The van der Waals surface area contributed by atoms with Crippen molar-refractivity contribution in [2.45, 2.75) is 40.3 Å². The molecule has 138 valence electrons. The van der Waals surface area contributed by atoms with Gasteiger partial charge in [-0.2, -0.15) is 0 Å². The van der Waals surface area contributed by atoms with Gasteiger partial charge in [0.2, 0.25) is 0 Å². The standard InChI is InChI=1S/C17H27ClN6S/c1-5-16-22-21-12-24(16)9-8-19-17(20-10-13(2)3)23(4)11-14-6-7-15(18)25-14/h6-7,12-13H,5,8-11H2,1-4H3,(H,19,20). The maximum Gasteiger partial charge on any atom is 0.194 e. The summed E-state index contributed by atoms with van der Waals surface area (Å²) in [5.74, 6) is 2.43.